The molecule has 0 saturated carbocycles. The van der Waals surface area contributed by atoms with Gasteiger partial charge in [0, 0.05) is 10.3 Å². The van der Waals surface area contributed by atoms with Gasteiger partial charge < -0.3 is 5.73 Å². The van der Waals surface area contributed by atoms with E-state index < -0.39 is 0 Å². The fourth-order valence-corrected chi connectivity index (χ4v) is 4.12. The second-order valence-electron chi connectivity index (χ2n) is 4.98. The summed E-state index contributed by atoms with van der Waals surface area (Å²) in [5, 5.41) is 6.17. The second kappa shape index (κ2) is 4.17. The summed E-state index contributed by atoms with van der Waals surface area (Å²) in [4.78, 5) is 23.0. The molecule has 0 bridgehead atoms. The topological polar surface area (TPSA) is 100 Å². The molecule has 0 aromatic carbocycles. The van der Waals surface area contributed by atoms with Crippen LogP contribution in [0.3, 0.4) is 0 Å². The van der Waals surface area contributed by atoms with E-state index >= 15 is 0 Å². The van der Waals surface area contributed by atoms with Crippen molar-refractivity contribution in [1.29, 1.82) is 0 Å². The van der Waals surface area contributed by atoms with Crippen LogP contribution in [0.25, 0.3) is 21.5 Å². The Morgan fingerprint density at radius 1 is 1.20 bits per heavy atom. The summed E-state index contributed by atoms with van der Waals surface area (Å²) in [5.74, 6) is 0.325. The molecule has 0 atom stereocenters. The van der Waals surface area contributed by atoms with Crippen LogP contribution in [0, 0.1) is 0 Å². The van der Waals surface area contributed by atoms with Gasteiger partial charge in [-0.05, 0) is 31.2 Å². The third kappa shape index (κ3) is 1.53. The van der Waals surface area contributed by atoms with Gasteiger partial charge in [-0.2, -0.15) is 0 Å². The Hall–Kier alpha value is -2.15. The highest BCUT2D eigenvalue weighted by Gasteiger charge is 2.23. The third-order valence-corrected chi connectivity index (χ3v) is 5.00. The largest absolute Gasteiger partial charge is 0.383 e. The number of anilines is 1. The average molecular weight is 287 g/mol. The van der Waals surface area contributed by atoms with Gasteiger partial charge in [-0.3, -0.25) is 15.0 Å². The molecule has 4 rings (SSSR count). The number of H-pyrrole nitrogens is 2. The van der Waals surface area contributed by atoms with Crippen molar-refractivity contribution in [2.45, 2.75) is 25.7 Å². The number of rotatable bonds is 1. The highest BCUT2D eigenvalue weighted by molar-refractivity contribution is 7.18. The predicted octanol–water partition coefficient (Wildman–Crippen LogP) is 1.84. The lowest BCUT2D eigenvalue weighted by Crippen LogP contribution is -2.05. The van der Waals surface area contributed by atoms with E-state index in [9.17, 15) is 4.79 Å². The lowest BCUT2D eigenvalue weighted by molar-refractivity contribution is 0.700. The molecule has 0 unspecified atom stereocenters. The summed E-state index contributed by atoms with van der Waals surface area (Å²) < 4.78 is 0. The molecule has 3 aromatic heterocycles. The number of nitrogens with two attached hydrogens (primary N) is 1. The number of fused-ring (bicyclic) bond motifs is 3. The quantitative estimate of drug-likeness (QED) is 0.635. The fourth-order valence-electron chi connectivity index (χ4n) is 2.89. The van der Waals surface area contributed by atoms with Crippen LogP contribution in [0.4, 0.5) is 5.82 Å². The molecule has 0 fully saturated rings. The summed E-state index contributed by atoms with van der Waals surface area (Å²) in [5.41, 5.74) is 7.99. The molecule has 3 heterocycles. The molecule has 102 valence electrons. The fraction of sp³-hybridized carbons (Fsp3) is 0.308. The first-order valence-electron chi connectivity index (χ1n) is 6.57. The summed E-state index contributed by atoms with van der Waals surface area (Å²) in [6, 6.07) is 0. The van der Waals surface area contributed by atoms with Crippen molar-refractivity contribution in [3.05, 3.63) is 27.1 Å². The number of aryl methyl sites for hydroxylation is 2. The second-order valence-corrected chi connectivity index (χ2v) is 6.06. The van der Waals surface area contributed by atoms with Gasteiger partial charge in [0.25, 0.3) is 5.56 Å². The smallest absolute Gasteiger partial charge is 0.275 e. The van der Waals surface area contributed by atoms with Crippen LogP contribution in [0.5, 0.6) is 0 Å². The number of hydrogen-bond donors (Lipinski definition) is 3. The highest BCUT2D eigenvalue weighted by atomic mass is 32.1. The molecular weight excluding hydrogens is 274 g/mol. The van der Waals surface area contributed by atoms with Crippen LogP contribution >= 0.6 is 11.3 Å². The molecule has 0 aliphatic heterocycles. The van der Waals surface area contributed by atoms with Gasteiger partial charge in [-0.1, -0.05) is 0 Å². The van der Waals surface area contributed by atoms with E-state index in [-0.39, 0.29) is 5.56 Å². The molecule has 0 spiro atoms. The minimum atomic E-state index is -0.238. The van der Waals surface area contributed by atoms with E-state index in [4.69, 9.17) is 5.73 Å². The zero-order valence-electron chi connectivity index (χ0n) is 10.7. The van der Waals surface area contributed by atoms with E-state index in [1.54, 1.807) is 11.3 Å². The predicted molar refractivity (Wildman–Crippen MR) is 78.9 cm³/mol. The zero-order chi connectivity index (χ0) is 13.7. The van der Waals surface area contributed by atoms with Crippen LogP contribution in [-0.2, 0) is 12.8 Å². The molecule has 4 N–H and O–H groups in total. The monoisotopic (exact) mass is 287 g/mol. The Kier molecular flexibility index (Phi) is 2.43. The minimum Gasteiger partial charge on any atom is -0.383 e. The van der Waals surface area contributed by atoms with Crippen molar-refractivity contribution in [2.75, 3.05) is 5.73 Å². The summed E-state index contributed by atoms with van der Waals surface area (Å²) in [6.07, 6.45) is 6.01. The van der Waals surface area contributed by atoms with Gasteiger partial charge in [0.15, 0.2) is 0 Å². The standard InChI is InChI=1S/C13H13N5OS/c14-11-9(12(19)18-17-11)10-8-6-3-1-2-4-7(6)20-13(8)16-5-15-10/h5H,1-4H2,(H4,14,17,18,19). The van der Waals surface area contributed by atoms with Crippen LogP contribution in [0.1, 0.15) is 23.3 Å². The molecular formula is C13H13N5OS. The molecule has 7 heteroatoms. The SMILES string of the molecule is Nc1[nH][nH]c(=O)c1-c1ncnc2sc3c(c12)CCCC3. The number of thiophene rings is 1. The summed E-state index contributed by atoms with van der Waals surface area (Å²) in [6.45, 7) is 0. The van der Waals surface area contributed by atoms with Gasteiger partial charge >= 0.3 is 0 Å². The molecule has 6 nitrogen and oxygen atoms in total. The Morgan fingerprint density at radius 3 is 2.85 bits per heavy atom. The van der Waals surface area contributed by atoms with Crippen LogP contribution in [0.2, 0.25) is 0 Å². The van der Waals surface area contributed by atoms with Crippen molar-refractivity contribution in [3.63, 3.8) is 0 Å². The van der Waals surface area contributed by atoms with E-state index in [1.165, 1.54) is 29.6 Å². The Morgan fingerprint density at radius 2 is 2.05 bits per heavy atom. The normalized spacial score (nSPS) is 14.6. The molecule has 1 aliphatic carbocycles. The number of nitrogens with zero attached hydrogens (tertiary/aromatic N) is 2. The van der Waals surface area contributed by atoms with E-state index in [0.717, 1.165) is 23.1 Å². The Balaban J connectivity index is 2.10. The van der Waals surface area contributed by atoms with E-state index in [2.05, 4.69) is 20.2 Å². The lowest BCUT2D eigenvalue weighted by Gasteiger charge is -2.11. The molecule has 1 aliphatic rings. The maximum absolute atomic E-state index is 12.0. The highest BCUT2D eigenvalue weighted by Crippen LogP contribution is 2.39. The van der Waals surface area contributed by atoms with Crippen LogP contribution in [0.15, 0.2) is 11.1 Å². The van der Waals surface area contributed by atoms with Gasteiger partial charge in [-0.25, -0.2) is 9.97 Å². The van der Waals surface area contributed by atoms with Crippen molar-refractivity contribution in [2.24, 2.45) is 0 Å². The van der Waals surface area contributed by atoms with E-state index in [1.807, 2.05) is 0 Å². The van der Waals surface area contributed by atoms with Crippen molar-refractivity contribution >= 4 is 27.4 Å². The van der Waals surface area contributed by atoms with Crippen LogP contribution < -0.4 is 11.3 Å². The Labute approximate surface area is 118 Å². The average Bonchev–Trinajstić information content (AvgIpc) is 2.99. The van der Waals surface area contributed by atoms with E-state index in [0.29, 0.717) is 17.1 Å². The molecule has 0 amide bonds. The number of hydrogen-bond acceptors (Lipinski definition) is 5. The van der Waals surface area contributed by atoms with Gasteiger partial charge in [0.2, 0.25) is 0 Å². The summed E-state index contributed by atoms with van der Waals surface area (Å²) >= 11 is 1.71. The third-order valence-electron chi connectivity index (χ3n) is 3.80. The maximum atomic E-state index is 12.0. The van der Waals surface area contributed by atoms with Gasteiger partial charge in [-0.15, -0.1) is 11.3 Å². The first-order valence-corrected chi connectivity index (χ1v) is 7.39. The van der Waals surface area contributed by atoms with Crippen molar-refractivity contribution < 1.29 is 0 Å². The molecule has 0 radical (unpaired) electrons. The zero-order valence-corrected chi connectivity index (χ0v) is 11.5. The number of aromatic amines is 2. The number of aromatic nitrogens is 4. The number of nitrogen functional groups attached to an aromatic ring is 1. The maximum Gasteiger partial charge on any atom is 0.275 e. The Bertz CT molecular complexity index is 859. The minimum absolute atomic E-state index is 0.238. The van der Waals surface area contributed by atoms with Crippen LogP contribution in [-0.4, -0.2) is 20.2 Å². The number of nitrogens with one attached hydrogen (secondary N) is 2. The first kappa shape index (κ1) is 11.7. The van der Waals surface area contributed by atoms with Gasteiger partial charge in [0.1, 0.15) is 22.5 Å². The van der Waals surface area contributed by atoms with Gasteiger partial charge in [0.05, 0.1) is 5.69 Å². The lowest BCUT2D eigenvalue weighted by atomic mass is 9.95. The van der Waals surface area contributed by atoms with Crippen molar-refractivity contribution in [1.82, 2.24) is 20.2 Å². The molecule has 3 aromatic rings. The molecule has 20 heavy (non-hydrogen) atoms. The van der Waals surface area contributed by atoms with Crippen molar-refractivity contribution in [3.8, 4) is 11.3 Å². The summed E-state index contributed by atoms with van der Waals surface area (Å²) in [7, 11) is 0. The first-order chi connectivity index (χ1) is 9.75. The molecule has 0 saturated heterocycles.